The van der Waals surface area contributed by atoms with Crippen molar-refractivity contribution in [2.24, 2.45) is 0 Å². The van der Waals surface area contributed by atoms with Gasteiger partial charge in [0.1, 0.15) is 11.6 Å². The molecule has 0 unspecified atom stereocenters. The van der Waals surface area contributed by atoms with Gasteiger partial charge < -0.3 is 16.0 Å². The molecule has 1 amide bonds. The standard InChI is InChI=1S/C11H13F2N3OS/c1-7(17)14-4-5-15-11(18)16-10-3-2-8(12)6-9(10)13/h2-3,6H,4-5H2,1H3,(H,14,17)(H2,15,16,18). The molecule has 0 aliphatic heterocycles. The zero-order valence-electron chi connectivity index (χ0n) is 9.72. The molecule has 98 valence electrons. The lowest BCUT2D eigenvalue weighted by molar-refractivity contribution is -0.118. The number of benzene rings is 1. The van der Waals surface area contributed by atoms with Gasteiger partial charge in [-0.1, -0.05) is 0 Å². The van der Waals surface area contributed by atoms with E-state index in [-0.39, 0.29) is 16.7 Å². The van der Waals surface area contributed by atoms with Gasteiger partial charge in [-0.2, -0.15) is 0 Å². The summed E-state index contributed by atoms with van der Waals surface area (Å²) in [4.78, 5) is 10.6. The van der Waals surface area contributed by atoms with Crippen LogP contribution in [-0.4, -0.2) is 24.1 Å². The van der Waals surface area contributed by atoms with E-state index >= 15 is 0 Å². The van der Waals surface area contributed by atoms with E-state index in [1.54, 1.807) is 0 Å². The van der Waals surface area contributed by atoms with E-state index in [4.69, 9.17) is 12.2 Å². The summed E-state index contributed by atoms with van der Waals surface area (Å²) in [7, 11) is 0. The lowest BCUT2D eigenvalue weighted by Gasteiger charge is -2.11. The normalized spacial score (nSPS) is 9.72. The van der Waals surface area contributed by atoms with Crippen molar-refractivity contribution in [3.8, 4) is 0 Å². The topological polar surface area (TPSA) is 53.2 Å². The molecule has 4 nitrogen and oxygen atoms in total. The van der Waals surface area contributed by atoms with Crippen molar-refractivity contribution in [2.45, 2.75) is 6.92 Å². The van der Waals surface area contributed by atoms with E-state index in [1.165, 1.54) is 13.0 Å². The maximum atomic E-state index is 13.3. The molecule has 0 saturated heterocycles. The summed E-state index contributed by atoms with van der Waals surface area (Å²) < 4.78 is 25.9. The van der Waals surface area contributed by atoms with Crippen LogP contribution >= 0.6 is 12.2 Å². The summed E-state index contributed by atoms with van der Waals surface area (Å²) in [6, 6.07) is 3.15. The summed E-state index contributed by atoms with van der Waals surface area (Å²) >= 11 is 4.91. The fourth-order valence-corrected chi connectivity index (χ4v) is 1.38. The molecule has 7 heteroatoms. The first-order valence-electron chi connectivity index (χ1n) is 5.23. The average molecular weight is 273 g/mol. The Morgan fingerprint density at radius 1 is 1.28 bits per heavy atom. The van der Waals surface area contributed by atoms with Crippen LogP contribution in [0.1, 0.15) is 6.92 Å². The monoisotopic (exact) mass is 273 g/mol. The summed E-state index contributed by atoms with van der Waals surface area (Å²) in [6.45, 7) is 2.22. The van der Waals surface area contributed by atoms with Crippen LogP contribution in [0.15, 0.2) is 18.2 Å². The van der Waals surface area contributed by atoms with E-state index in [1.807, 2.05) is 0 Å². The summed E-state index contributed by atoms with van der Waals surface area (Å²) in [6.07, 6.45) is 0. The third-order valence-corrected chi connectivity index (χ3v) is 2.21. The van der Waals surface area contributed by atoms with Gasteiger partial charge >= 0.3 is 0 Å². The van der Waals surface area contributed by atoms with Crippen LogP contribution in [0.4, 0.5) is 14.5 Å². The van der Waals surface area contributed by atoms with E-state index in [0.29, 0.717) is 13.1 Å². The molecule has 1 aromatic carbocycles. The Kier molecular flexibility index (Phi) is 5.44. The van der Waals surface area contributed by atoms with Crippen LogP contribution in [0.3, 0.4) is 0 Å². The van der Waals surface area contributed by atoms with Crippen LogP contribution < -0.4 is 16.0 Å². The van der Waals surface area contributed by atoms with Crippen molar-refractivity contribution in [3.63, 3.8) is 0 Å². The highest BCUT2D eigenvalue weighted by atomic mass is 32.1. The van der Waals surface area contributed by atoms with Gasteiger partial charge in [-0.25, -0.2) is 8.78 Å². The molecule has 0 aromatic heterocycles. The molecule has 0 saturated carbocycles. The fraction of sp³-hybridized carbons (Fsp3) is 0.273. The van der Waals surface area contributed by atoms with Crippen molar-refractivity contribution in [1.82, 2.24) is 10.6 Å². The molecule has 0 fully saturated rings. The maximum Gasteiger partial charge on any atom is 0.216 e. The van der Waals surface area contributed by atoms with Gasteiger partial charge in [0, 0.05) is 26.1 Å². The number of hydrogen-bond acceptors (Lipinski definition) is 2. The molecular weight excluding hydrogens is 260 g/mol. The molecule has 0 spiro atoms. The summed E-state index contributed by atoms with van der Waals surface area (Å²) in [5.74, 6) is -1.51. The van der Waals surface area contributed by atoms with Gasteiger partial charge in [-0.05, 0) is 24.4 Å². The van der Waals surface area contributed by atoms with Crippen molar-refractivity contribution >= 4 is 28.9 Å². The zero-order chi connectivity index (χ0) is 13.5. The second kappa shape index (κ2) is 6.85. The number of hydrogen-bond donors (Lipinski definition) is 3. The Bertz CT molecular complexity index is 454. The molecule has 0 heterocycles. The summed E-state index contributed by atoms with van der Waals surface area (Å²) in [5.41, 5.74) is 0.0911. The Labute approximate surface area is 109 Å². The minimum atomic E-state index is -0.721. The molecule has 0 aliphatic rings. The Morgan fingerprint density at radius 3 is 2.56 bits per heavy atom. The van der Waals surface area contributed by atoms with Crippen LogP contribution in [0.5, 0.6) is 0 Å². The maximum absolute atomic E-state index is 13.3. The predicted molar refractivity (Wildman–Crippen MR) is 69.3 cm³/mol. The van der Waals surface area contributed by atoms with Crippen LogP contribution in [0.2, 0.25) is 0 Å². The van der Waals surface area contributed by atoms with Crippen LogP contribution in [0, 0.1) is 11.6 Å². The average Bonchev–Trinajstić information content (AvgIpc) is 2.28. The Morgan fingerprint density at radius 2 is 1.94 bits per heavy atom. The highest BCUT2D eigenvalue weighted by Gasteiger charge is 2.04. The smallest absolute Gasteiger partial charge is 0.216 e. The van der Waals surface area contributed by atoms with Gasteiger partial charge in [-0.3, -0.25) is 4.79 Å². The number of carbonyl (C=O) groups is 1. The largest absolute Gasteiger partial charge is 0.361 e. The Hall–Kier alpha value is -1.76. The lowest BCUT2D eigenvalue weighted by atomic mass is 10.3. The van der Waals surface area contributed by atoms with E-state index in [9.17, 15) is 13.6 Å². The van der Waals surface area contributed by atoms with Gasteiger partial charge in [-0.15, -0.1) is 0 Å². The minimum Gasteiger partial charge on any atom is -0.361 e. The van der Waals surface area contributed by atoms with E-state index in [0.717, 1.165) is 12.1 Å². The fourth-order valence-electron chi connectivity index (χ4n) is 1.17. The number of thiocarbonyl (C=S) groups is 1. The molecule has 3 N–H and O–H groups in total. The predicted octanol–water partition coefficient (Wildman–Crippen LogP) is 1.39. The van der Waals surface area contributed by atoms with Gasteiger partial charge in [0.05, 0.1) is 5.69 Å². The Balaban J connectivity index is 2.38. The minimum absolute atomic E-state index is 0.0911. The highest BCUT2D eigenvalue weighted by molar-refractivity contribution is 7.80. The third kappa shape index (κ3) is 5.05. The molecule has 1 rings (SSSR count). The second-order valence-electron chi connectivity index (χ2n) is 3.49. The second-order valence-corrected chi connectivity index (χ2v) is 3.90. The SMILES string of the molecule is CC(=O)NCCNC(=S)Nc1ccc(F)cc1F. The first-order chi connectivity index (χ1) is 8.49. The van der Waals surface area contributed by atoms with Gasteiger partial charge in [0.25, 0.3) is 0 Å². The number of amides is 1. The molecule has 0 bridgehead atoms. The van der Waals surface area contributed by atoms with Crippen molar-refractivity contribution in [2.75, 3.05) is 18.4 Å². The molecule has 0 aliphatic carbocycles. The van der Waals surface area contributed by atoms with E-state index < -0.39 is 11.6 Å². The lowest BCUT2D eigenvalue weighted by Crippen LogP contribution is -2.36. The van der Waals surface area contributed by atoms with E-state index in [2.05, 4.69) is 16.0 Å². The number of rotatable bonds is 4. The van der Waals surface area contributed by atoms with Gasteiger partial charge in [0.2, 0.25) is 5.91 Å². The van der Waals surface area contributed by atoms with Gasteiger partial charge in [0.15, 0.2) is 5.11 Å². The number of nitrogens with one attached hydrogen (secondary N) is 3. The first-order valence-corrected chi connectivity index (χ1v) is 5.64. The molecular formula is C11H13F2N3OS. The molecule has 0 radical (unpaired) electrons. The van der Waals surface area contributed by atoms with Crippen LogP contribution in [-0.2, 0) is 4.79 Å². The summed E-state index contributed by atoms with van der Waals surface area (Å²) in [5, 5.41) is 8.14. The van der Waals surface area contributed by atoms with Crippen molar-refractivity contribution in [3.05, 3.63) is 29.8 Å². The van der Waals surface area contributed by atoms with Crippen LogP contribution in [0.25, 0.3) is 0 Å². The zero-order valence-corrected chi connectivity index (χ0v) is 10.5. The molecule has 0 atom stereocenters. The van der Waals surface area contributed by atoms with Crippen molar-refractivity contribution < 1.29 is 13.6 Å². The number of anilines is 1. The first kappa shape index (κ1) is 14.3. The number of carbonyl (C=O) groups excluding carboxylic acids is 1. The highest BCUT2D eigenvalue weighted by Crippen LogP contribution is 2.14. The molecule has 1 aromatic rings. The number of halogens is 2. The third-order valence-electron chi connectivity index (χ3n) is 1.96. The molecule has 18 heavy (non-hydrogen) atoms. The quantitative estimate of drug-likeness (QED) is 0.573. The van der Waals surface area contributed by atoms with Crippen molar-refractivity contribution in [1.29, 1.82) is 0 Å².